The van der Waals surface area contributed by atoms with Gasteiger partial charge in [-0.1, -0.05) is 48.5 Å². The van der Waals surface area contributed by atoms with Gasteiger partial charge in [0, 0.05) is 64.0 Å². The van der Waals surface area contributed by atoms with E-state index in [4.69, 9.17) is 0 Å². The summed E-state index contributed by atoms with van der Waals surface area (Å²) in [4.78, 5) is 9.32. The van der Waals surface area contributed by atoms with Crippen LogP contribution >= 0.6 is 24.0 Å². The third-order valence-electron chi connectivity index (χ3n) is 5.85. The molecule has 2 aromatic carbocycles. The predicted molar refractivity (Wildman–Crippen MR) is 141 cm³/mol. The summed E-state index contributed by atoms with van der Waals surface area (Å²) in [6.45, 7) is 8.07. The zero-order chi connectivity index (χ0) is 21.2. The van der Waals surface area contributed by atoms with Gasteiger partial charge in [0.05, 0.1) is 6.61 Å². The average Bonchev–Trinajstić information content (AvgIpc) is 2.82. The van der Waals surface area contributed by atoms with Gasteiger partial charge in [-0.05, 0) is 24.6 Å². The van der Waals surface area contributed by atoms with Gasteiger partial charge in [0.2, 0.25) is 0 Å². The number of aliphatic hydroxyl groups is 1. The summed E-state index contributed by atoms with van der Waals surface area (Å²) in [6.07, 6.45) is 0. The highest BCUT2D eigenvalue weighted by Gasteiger charge is 2.21. The summed E-state index contributed by atoms with van der Waals surface area (Å²) >= 11 is 0. The molecule has 1 heterocycles. The van der Waals surface area contributed by atoms with Crippen LogP contribution < -0.4 is 15.5 Å². The maximum Gasteiger partial charge on any atom is 0.191 e. The molecule has 6 nitrogen and oxygen atoms in total. The fourth-order valence-corrected chi connectivity index (χ4v) is 3.89. The van der Waals surface area contributed by atoms with Crippen LogP contribution in [0.4, 0.5) is 5.69 Å². The number of aliphatic imine (C=N–C) groups is 1. The standard InChI is InChI=1S/C24H35N5O.HI/c1-20(28-13-15-29(16-14-28)23-11-7-4-8-12-23)17-26-24(25-2)27-18-22(19-30)21-9-5-3-6-10-21;/h3-12,20,22,30H,13-19H2,1-2H3,(H2,25,26,27);1H. The van der Waals surface area contributed by atoms with Crippen LogP contribution in [0.15, 0.2) is 65.7 Å². The highest BCUT2D eigenvalue weighted by atomic mass is 127. The van der Waals surface area contributed by atoms with E-state index in [0.717, 1.165) is 44.2 Å². The summed E-state index contributed by atoms with van der Waals surface area (Å²) < 4.78 is 0. The Balaban J connectivity index is 0.00000341. The smallest absolute Gasteiger partial charge is 0.191 e. The summed E-state index contributed by atoms with van der Waals surface area (Å²) in [6, 6.07) is 21.2. The number of hydrogen-bond acceptors (Lipinski definition) is 4. The molecule has 0 aromatic heterocycles. The first-order chi connectivity index (χ1) is 14.7. The van der Waals surface area contributed by atoms with Crippen LogP contribution in [0.2, 0.25) is 0 Å². The molecule has 2 unspecified atom stereocenters. The van der Waals surface area contributed by atoms with E-state index in [1.54, 1.807) is 7.05 Å². The number of halogens is 1. The Kier molecular flexibility index (Phi) is 11.1. The number of guanidine groups is 1. The van der Waals surface area contributed by atoms with Crippen molar-refractivity contribution in [2.24, 2.45) is 4.99 Å². The Labute approximate surface area is 203 Å². The van der Waals surface area contributed by atoms with Crippen LogP contribution in [0.25, 0.3) is 0 Å². The van der Waals surface area contributed by atoms with Gasteiger partial charge in [-0.15, -0.1) is 24.0 Å². The predicted octanol–water partition coefficient (Wildman–Crippen LogP) is 2.76. The molecule has 170 valence electrons. The molecule has 31 heavy (non-hydrogen) atoms. The van der Waals surface area contributed by atoms with Gasteiger partial charge in [-0.25, -0.2) is 0 Å². The van der Waals surface area contributed by atoms with E-state index in [2.05, 4.69) is 74.8 Å². The van der Waals surface area contributed by atoms with Gasteiger partial charge in [-0.2, -0.15) is 0 Å². The first kappa shape index (κ1) is 25.4. The van der Waals surface area contributed by atoms with Gasteiger partial charge in [0.15, 0.2) is 5.96 Å². The number of piperazine rings is 1. The summed E-state index contributed by atoms with van der Waals surface area (Å²) in [5, 5.41) is 16.5. The van der Waals surface area contributed by atoms with Crippen molar-refractivity contribution in [3.8, 4) is 0 Å². The minimum absolute atomic E-state index is 0. The van der Waals surface area contributed by atoms with E-state index >= 15 is 0 Å². The fourth-order valence-electron chi connectivity index (χ4n) is 3.89. The highest BCUT2D eigenvalue weighted by Crippen LogP contribution is 2.16. The lowest BCUT2D eigenvalue weighted by atomic mass is 10.0. The lowest BCUT2D eigenvalue weighted by molar-refractivity contribution is 0.197. The van der Waals surface area contributed by atoms with Crippen LogP contribution in [-0.2, 0) is 0 Å². The molecule has 0 aliphatic carbocycles. The lowest BCUT2D eigenvalue weighted by Crippen LogP contribution is -2.53. The van der Waals surface area contributed by atoms with Gasteiger partial charge in [0.1, 0.15) is 0 Å². The Morgan fingerprint density at radius 1 is 0.935 bits per heavy atom. The Morgan fingerprint density at radius 2 is 1.52 bits per heavy atom. The quantitative estimate of drug-likeness (QED) is 0.275. The molecular formula is C24H36IN5O. The van der Waals surface area contributed by atoms with E-state index in [0.29, 0.717) is 12.6 Å². The molecule has 7 heteroatoms. The van der Waals surface area contributed by atoms with Gasteiger partial charge in [-0.3, -0.25) is 9.89 Å². The zero-order valence-electron chi connectivity index (χ0n) is 18.6. The van der Waals surface area contributed by atoms with E-state index in [9.17, 15) is 5.11 Å². The summed E-state index contributed by atoms with van der Waals surface area (Å²) in [5.41, 5.74) is 2.44. The van der Waals surface area contributed by atoms with Crippen LogP contribution in [0.1, 0.15) is 18.4 Å². The minimum atomic E-state index is 0. The molecule has 0 bridgehead atoms. The van der Waals surface area contributed by atoms with Crippen molar-refractivity contribution >= 4 is 35.6 Å². The average molecular weight is 537 g/mol. The maximum absolute atomic E-state index is 9.75. The molecule has 0 radical (unpaired) electrons. The van der Waals surface area contributed by atoms with E-state index in [1.807, 2.05) is 18.2 Å². The van der Waals surface area contributed by atoms with Gasteiger partial charge >= 0.3 is 0 Å². The monoisotopic (exact) mass is 537 g/mol. The van der Waals surface area contributed by atoms with Crippen LogP contribution in [0.5, 0.6) is 0 Å². The molecule has 2 atom stereocenters. The number of hydrogen-bond donors (Lipinski definition) is 3. The molecule has 2 aromatic rings. The SMILES string of the molecule is CN=C(NCC(CO)c1ccccc1)NCC(C)N1CCN(c2ccccc2)CC1.I. The largest absolute Gasteiger partial charge is 0.396 e. The normalized spacial score (nSPS) is 16.9. The zero-order valence-corrected chi connectivity index (χ0v) is 20.9. The van der Waals surface area contributed by atoms with Crippen molar-refractivity contribution in [2.45, 2.75) is 18.9 Å². The minimum Gasteiger partial charge on any atom is -0.396 e. The number of rotatable bonds is 8. The third kappa shape index (κ3) is 7.66. The van der Waals surface area contributed by atoms with Crippen LogP contribution in [-0.4, -0.2) is 74.9 Å². The second kappa shape index (κ2) is 13.5. The van der Waals surface area contributed by atoms with E-state index < -0.39 is 0 Å². The molecule has 1 fully saturated rings. The molecule has 3 N–H and O–H groups in total. The number of nitrogens with one attached hydrogen (secondary N) is 2. The van der Waals surface area contributed by atoms with E-state index in [-0.39, 0.29) is 36.5 Å². The maximum atomic E-state index is 9.75. The molecule has 0 saturated carbocycles. The number of nitrogens with zero attached hydrogens (tertiary/aromatic N) is 3. The molecule has 0 spiro atoms. The van der Waals surface area contributed by atoms with Crippen LogP contribution in [0, 0.1) is 0 Å². The van der Waals surface area contributed by atoms with Crippen molar-refractivity contribution in [1.29, 1.82) is 0 Å². The first-order valence-corrected chi connectivity index (χ1v) is 10.9. The van der Waals surface area contributed by atoms with Crippen molar-refractivity contribution in [1.82, 2.24) is 15.5 Å². The second-order valence-electron chi connectivity index (χ2n) is 7.83. The number of anilines is 1. The summed E-state index contributed by atoms with van der Waals surface area (Å²) in [7, 11) is 1.79. The molecule has 0 amide bonds. The van der Waals surface area contributed by atoms with Crippen molar-refractivity contribution in [2.75, 3.05) is 57.8 Å². The number of benzene rings is 2. The van der Waals surface area contributed by atoms with Crippen molar-refractivity contribution < 1.29 is 5.11 Å². The molecular weight excluding hydrogens is 501 g/mol. The number of para-hydroxylation sites is 1. The Morgan fingerprint density at radius 3 is 2.10 bits per heavy atom. The van der Waals surface area contributed by atoms with Crippen LogP contribution in [0.3, 0.4) is 0 Å². The summed E-state index contributed by atoms with van der Waals surface area (Å²) in [5.74, 6) is 0.826. The molecule has 1 saturated heterocycles. The van der Waals surface area contributed by atoms with Crippen molar-refractivity contribution in [3.63, 3.8) is 0 Å². The van der Waals surface area contributed by atoms with Crippen molar-refractivity contribution in [3.05, 3.63) is 66.2 Å². The molecule has 1 aliphatic rings. The number of aliphatic hydroxyl groups excluding tert-OH is 1. The molecule has 1 aliphatic heterocycles. The highest BCUT2D eigenvalue weighted by molar-refractivity contribution is 14.0. The topological polar surface area (TPSA) is 63.1 Å². The fraction of sp³-hybridized carbons (Fsp3) is 0.458. The van der Waals surface area contributed by atoms with E-state index in [1.165, 1.54) is 5.69 Å². The van der Waals surface area contributed by atoms with Gasteiger partial charge in [0.25, 0.3) is 0 Å². The Hall–Kier alpha value is -1.84. The third-order valence-corrected chi connectivity index (χ3v) is 5.85. The first-order valence-electron chi connectivity index (χ1n) is 10.9. The second-order valence-corrected chi connectivity index (χ2v) is 7.83. The Bertz CT molecular complexity index is 766. The van der Waals surface area contributed by atoms with Gasteiger partial charge < -0.3 is 20.6 Å². The molecule has 3 rings (SSSR count). The lowest BCUT2D eigenvalue weighted by Gasteiger charge is -2.39.